The van der Waals surface area contributed by atoms with Gasteiger partial charge in [0.05, 0.1) is 18.1 Å². The molecule has 242 valence electrons. The Labute approximate surface area is 269 Å². The zero-order chi connectivity index (χ0) is 32.3. The van der Waals surface area contributed by atoms with Crippen molar-refractivity contribution in [2.45, 2.75) is 103 Å². The van der Waals surface area contributed by atoms with Gasteiger partial charge in [0, 0.05) is 31.4 Å². The molecule has 0 saturated carbocycles. The quantitative estimate of drug-likeness (QED) is 0.0578. The van der Waals surface area contributed by atoms with E-state index in [2.05, 4.69) is 37.6 Å². The number of hydrogen-bond acceptors (Lipinski definition) is 5. The van der Waals surface area contributed by atoms with Gasteiger partial charge in [-0.05, 0) is 68.2 Å². The summed E-state index contributed by atoms with van der Waals surface area (Å²) in [5.41, 5.74) is 3.61. The number of aliphatic hydroxyl groups is 1. The second-order valence-electron chi connectivity index (χ2n) is 11.6. The van der Waals surface area contributed by atoms with Gasteiger partial charge in [0.2, 0.25) is 5.91 Å². The molecule has 1 atom stereocenters. The van der Waals surface area contributed by atoms with Gasteiger partial charge in [-0.2, -0.15) is 0 Å². The smallest absolute Gasteiger partial charge is 0.342 e. The largest absolute Gasteiger partial charge is 0.462 e. The molecule has 2 aromatic carbocycles. The number of fused-ring (bicyclic) bond motifs is 1. The van der Waals surface area contributed by atoms with Crippen molar-refractivity contribution in [3.05, 3.63) is 83.1 Å². The highest BCUT2D eigenvalue weighted by molar-refractivity contribution is 6.06. The number of esters is 1. The Bertz CT molecular complexity index is 1410. The normalized spacial score (nSPS) is 11.5. The average molecular weight is 614 g/mol. The Morgan fingerprint density at radius 2 is 1.80 bits per heavy atom. The summed E-state index contributed by atoms with van der Waals surface area (Å²) in [5.74, 6) is 6.38. The lowest BCUT2D eigenvalue weighted by molar-refractivity contribution is -0.122. The van der Waals surface area contributed by atoms with Crippen molar-refractivity contribution in [3.8, 4) is 11.8 Å². The summed E-state index contributed by atoms with van der Waals surface area (Å²) >= 11 is 0. The minimum Gasteiger partial charge on any atom is -0.462 e. The van der Waals surface area contributed by atoms with Crippen LogP contribution in [0.3, 0.4) is 0 Å². The van der Waals surface area contributed by atoms with Gasteiger partial charge in [0.1, 0.15) is 11.3 Å². The number of furan rings is 1. The summed E-state index contributed by atoms with van der Waals surface area (Å²) in [6.45, 7) is 8.85. The van der Waals surface area contributed by atoms with Crippen molar-refractivity contribution >= 4 is 22.8 Å². The molecule has 6 heteroatoms. The highest BCUT2D eigenvalue weighted by Gasteiger charge is 2.26. The maximum atomic E-state index is 13.6. The number of carbonyl (C=O) groups excluding carboxylic acids is 2. The van der Waals surface area contributed by atoms with E-state index < -0.39 is 5.92 Å². The first kappa shape index (κ1) is 35.7. The highest BCUT2D eigenvalue weighted by Crippen LogP contribution is 2.33. The van der Waals surface area contributed by atoms with Crippen molar-refractivity contribution in [2.24, 2.45) is 0 Å². The van der Waals surface area contributed by atoms with Crippen molar-refractivity contribution < 1.29 is 23.8 Å². The van der Waals surface area contributed by atoms with Crippen LogP contribution >= 0.6 is 0 Å². The molecular weight excluding hydrogens is 562 g/mol. The van der Waals surface area contributed by atoms with Gasteiger partial charge in [-0.1, -0.05) is 87.8 Å². The SMILES string of the molecule is C=CCCCCOC(=O)c1c(CCCCC)oc2c(C#CCCCCC)cc(CC(C(=O)NCCCO)c3ccccc3)cc12. The topological polar surface area (TPSA) is 88.8 Å². The molecule has 0 bridgehead atoms. The van der Waals surface area contributed by atoms with E-state index in [1.54, 1.807) is 0 Å². The number of carbonyl (C=O) groups is 2. The number of nitrogens with one attached hydrogen (secondary N) is 1. The molecule has 0 aliphatic carbocycles. The van der Waals surface area contributed by atoms with Crippen molar-refractivity contribution in [2.75, 3.05) is 19.8 Å². The Balaban J connectivity index is 2.09. The molecule has 1 unspecified atom stereocenters. The molecule has 1 heterocycles. The van der Waals surface area contributed by atoms with E-state index in [-0.39, 0.29) is 18.5 Å². The van der Waals surface area contributed by atoms with Gasteiger partial charge in [0.15, 0.2) is 5.58 Å². The first-order chi connectivity index (χ1) is 22.0. The van der Waals surface area contributed by atoms with Crippen LogP contribution in [0.25, 0.3) is 11.0 Å². The van der Waals surface area contributed by atoms with Gasteiger partial charge in [-0.25, -0.2) is 4.79 Å². The average Bonchev–Trinajstić information content (AvgIpc) is 3.42. The molecule has 0 saturated heterocycles. The molecule has 1 aromatic heterocycles. The molecule has 0 radical (unpaired) electrons. The Morgan fingerprint density at radius 3 is 2.53 bits per heavy atom. The monoisotopic (exact) mass is 613 g/mol. The summed E-state index contributed by atoms with van der Waals surface area (Å²) in [7, 11) is 0. The molecule has 1 amide bonds. The van der Waals surface area contributed by atoms with Crippen LogP contribution in [-0.4, -0.2) is 36.7 Å². The van der Waals surface area contributed by atoms with Crippen molar-refractivity contribution in [1.82, 2.24) is 5.32 Å². The summed E-state index contributed by atoms with van der Waals surface area (Å²) in [6, 6.07) is 13.7. The lowest BCUT2D eigenvalue weighted by Crippen LogP contribution is -2.31. The first-order valence-electron chi connectivity index (χ1n) is 16.8. The summed E-state index contributed by atoms with van der Waals surface area (Å²) < 4.78 is 12.2. The van der Waals surface area contributed by atoms with Crippen molar-refractivity contribution in [1.29, 1.82) is 0 Å². The lowest BCUT2D eigenvalue weighted by atomic mass is 9.89. The molecule has 6 nitrogen and oxygen atoms in total. The fourth-order valence-corrected chi connectivity index (χ4v) is 5.40. The van der Waals surface area contributed by atoms with Crippen LogP contribution in [0.15, 0.2) is 59.5 Å². The Hall–Kier alpha value is -3.82. The molecule has 45 heavy (non-hydrogen) atoms. The highest BCUT2D eigenvalue weighted by atomic mass is 16.5. The second-order valence-corrected chi connectivity index (χ2v) is 11.6. The molecule has 3 rings (SSSR count). The van der Waals surface area contributed by atoms with Crippen LogP contribution in [0.5, 0.6) is 0 Å². The fourth-order valence-electron chi connectivity index (χ4n) is 5.40. The Kier molecular flexibility index (Phi) is 16.1. The maximum absolute atomic E-state index is 13.6. The minimum absolute atomic E-state index is 0.0153. The van der Waals surface area contributed by atoms with E-state index in [0.29, 0.717) is 54.7 Å². The van der Waals surface area contributed by atoms with E-state index in [0.717, 1.165) is 80.9 Å². The number of benzene rings is 2. The predicted molar refractivity (Wildman–Crippen MR) is 182 cm³/mol. The Morgan fingerprint density at radius 1 is 1.02 bits per heavy atom. The zero-order valence-corrected chi connectivity index (χ0v) is 27.3. The van der Waals surface area contributed by atoms with Crippen LogP contribution in [-0.2, 0) is 22.4 Å². The first-order valence-corrected chi connectivity index (χ1v) is 16.8. The number of allylic oxidation sites excluding steroid dienone is 1. The number of hydrogen-bond donors (Lipinski definition) is 2. The molecule has 0 aliphatic rings. The van der Waals surface area contributed by atoms with E-state index >= 15 is 0 Å². The van der Waals surface area contributed by atoms with Gasteiger partial charge in [-0.15, -0.1) is 6.58 Å². The number of unbranched alkanes of at least 4 members (excludes halogenated alkanes) is 7. The van der Waals surface area contributed by atoms with Crippen molar-refractivity contribution in [3.63, 3.8) is 0 Å². The van der Waals surface area contributed by atoms with E-state index in [1.165, 1.54) is 0 Å². The number of rotatable bonds is 20. The van der Waals surface area contributed by atoms with Gasteiger partial charge in [0.25, 0.3) is 0 Å². The lowest BCUT2D eigenvalue weighted by Gasteiger charge is -2.18. The van der Waals surface area contributed by atoms with E-state index in [1.807, 2.05) is 48.5 Å². The molecule has 3 aromatic rings. The van der Waals surface area contributed by atoms with Crippen LogP contribution in [0, 0.1) is 11.8 Å². The molecule has 2 N–H and O–H groups in total. The predicted octanol–water partition coefficient (Wildman–Crippen LogP) is 8.44. The van der Waals surface area contributed by atoms with Crippen LogP contribution in [0.1, 0.15) is 123 Å². The van der Waals surface area contributed by atoms with Crippen LogP contribution in [0.4, 0.5) is 0 Å². The zero-order valence-electron chi connectivity index (χ0n) is 27.3. The van der Waals surface area contributed by atoms with Gasteiger partial charge in [-0.3, -0.25) is 4.79 Å². The van der Waals surface area contributed by atoms with E-state index in [9.17, 15) is 14.7 Å². The molecule has 0 aliphatic heterocycles. The van der Waals surface area contributed by atoms with Crippen LogP contribution in [0.2, 0.25) is 0 Å². The second kappa shape index (κ2) is 20.3. The van der Waals surface area contributed by atoms with E-state index in [4.69, 9.17) is 9.15 Å². The third-order valence-corrected chi connectivity index (χ3v) is 7.89. The third-order valence-electron chi connectivity index (χ3n) is 7.89. The van der Waals surface area contributed by atoms with Crippen LogP contribution < -0.4 is 5.32 Å². The van der Waals surface area contributed by atoms with Gasteiger partial charge < -0.3 is 19.6 Å². The number of aliphatic hydroxyl groups excluding tert-OH is 1. The fraction of sp³-hybridized carbons (Fsp3) is 0.487. The molecule has 0 fully saturated rings. The summed E-state index contributed by atoms with van der Waals surface area (Å²) in [4.78, 5) is 27.1. The summed E-state index contributed by atoms with van der Waals surface area (Å²) in [5, 5.41) is 12.9. The number of amides is 1. The minimum atomic E-state index is -0.455. The summed E-state index contributed by atoms with van der Waals surface area (Å²) in [6.07, 6.45) is 13.0. The number of aryl methyl sites for hydroxylation is 1. The number of ether oxygens (including phenoxy) is 1. The molecular formula is C39H51NO5. The standard InChI is InChI=1S/C39H51NO5/c1-4-7-10-12-15-22-32-27-30(28-33(31-20-16-13-17-21-31)38(42)40-24-19-25-41)29-34-36(39(43)44-26-18-11-8-5-2)35(45-37(32)34)23-14-9-6-3/h5,13,16-17,20-21,27,29,33,41H,2,4,6-12,14,18-19,23-26,28H2,1,3H3,(H,40,42). The van der Waals surface area contributed by atoms with Gasteiger partial charge >= 0.3 is 5.97 Å². The third kappa shape index (κ3) is 11.2. The maximum Gasteiger partial charge on any atom is 0.342 e. The molecule has 0 spiro atoms.